The van der Waals surface area contributed by atoms with Crippen molar-refractivity contribution >= 4 is 32.8 Å². The third kappa shape index (κ3) is 5.83. The number of carbonyl (C=O) groups is 2. The average Bonchev–Trinajstić information content (AvgIpc) is 3.27. The Bertz CT molecular complexity index is 1060. The predicted molar refractivity (Wildman–Crippen MR) is 121 cm³/mol. The quantitative estimate of drug-likeness (QED) is 0.368. The molecule has 174 valence electrons. The van der Waals surface area contributed by atoms with Gasteiger partial charge >= 0.3 is 0 Å². The van der Waals surface area contributed by atoms with Crippen LogP contribution in [0.2, 0.25) is 0 Å². The van der Waals surface area contributed by atoms with Crippen LogP contribution in [0.25, 0.3) is 10.8 Å². The number of nitrogens with one attached hydrogen (secondary N) is 2. The Labute approximate surface area is 188 Å². The molecule has 0 spiro atoms. The standard InChI is InChI=1S/C22H30N4O5S/c1-2-3-12-25(14-11-21(27)24-29)32(30,31)26-13-10-20(16-26)23-22(28)19-9-8-17-6-4-5-7-18(17)15-19/h4-9,15,20,29H,2-3,10-14,16H2,1H3,(H,23,28)(H,24,27). The van der Waals surface area contributed by atoms with E-state index in [0.717, 1.165) is 17.2 Å². The Balaban J connectivity index is 1.63. The Hall–Kier alpha value is -2.53. The molecule has 1 saturated heterocycles. The molecule has 0 bridgehead atoms. The molecule has 32 heavy (non-hydrogen) atoms. The lowest BCUT2D eigenvalue weighted by Gasteiger charge is -2.27. The number of nitrogens with zero attached hydrogens (tertiary/aromatic N) is 2. The van der Waals surface area contributed by atoms with E-state index in [-0.39, 0.29) is 31.5 Å². The molecule has 10 heteroatoms. The molecule has 2 aromatic carbocycles. The topological polar surface area (TPSA) is 119 Å². The lowest BCUT2D eigenvalue weighted by Crippen LogP contribution is -2.46. The largest absolute Gasteiger partial charge is 0.348 e. The summed E-state index contributed by atoms with van der Waals surface area (Å²) in [6.07, 6.45) is 1.85. The fourth-order valence-corrected chi connectivity index (χ4v) is 5.49. The third-order valence-corrected chi connectivity index (χ3v) is 7.63. The normalized spacial score (nSPS) is 17.0. The summed E-state index contributed by atoms with van der Waals surface area (Å²) >= 11 is 0. The van der Waals surface area contributed by atoms with Crippen LogP contribution >= 0.6 is 0 Å². The SMILES string of the molecule is CCCCN(CCC(=O)NO)S(=O)(=O)N1CCC(NC(=O)c2ccc3ccccc3c2)C1. The van der Waals surface area contributed by atoms with Gasteiger partial charge in [0, 0.05) is 44.2 Å². The first-order valence-electron chi connectivity index (χ1n) is 10.8. The van der Waals surface area contributed by atoms with Gasteiger partial charge in [-0.25, -0.2) is 5.48 Å². The average molecular weight is 463 g/mol. The maximum Gasteiger partial charge on any atom is 0.282 e. The van der Waals surface area contributed by atoms with E-state index in [1.807, 2.05) is 43.3 Å². The summed E-state index contributed by atoms with van der Waals surface area (Å²) in [7, 11) is -3.79. The van der Waals surface area contributed by atoms with Gasteiger partial charge in [0.15, 0.2) is 0 Å². The van der Waals surface area contributed by atoms with Crippen molar-refractivity contribution in [2.75, 3.05) is 26.2 Å². The Kier molecular flexibility index (Phi) is 8.19. The van der Waals surface area contributed by atoms with Crippen LogP contribution in [0, 0.1) is 0 Å². The number of amides is 2. The molecular weight excluding hydrogens is 432 g/mol. The highest BCUT2D eigenvalue weighted by Crippen LogP contribution is 2.20. The van der Waals surface area contributed by atoms with Crippen LogP contribution in [0.4, 0.5) is 0 Å². The zero-order chi connectivity index (χ0) is 23.1. The summed E-state index contributed by atoms with van der Waals surface area (Å²) in [5.41, 5.74) is 2.06. The molecule has 1 heterocycles. The van der Waals surface area contributed by atoms with Gasteiger partial charge in [-0.3, -0.25) is 14.8 Å². The number of hydroxylamine groups is 1. The van der Waals surface area contributed by atoms with Crippen LogP contribution in [-0.2, 0) is 15.0 Å². The van der Waals surface area contributed by atoms with Crippen molar-refractivity contribution in [1.29, 1.82) is 0 Å². The van der Waals surface area contributed by atoms with Gasteiger partial charge in [-0.2, -0.15) is 17.0 Å². The molecule has 3 N–H and O–H groups in total. The molecule has 2 aromatic rings. The highest BCUT2D eigenvalue weighted by molar-refractivity contribution is 7.86. The van der Waals surface area contributed by atoms with E-state index >= 15 is 0 Å². The summed E-state index contributed by atoms with van der Waals surface area (Å²) in [5, 5.41) is 13.6. The number of hydrogen-bond acceptors (Lipinski definition) is 5. The van der Waals surface area contributed by atoms with Gasteiger partial charge in [0.2, 0.25) is 5.91 Å². The maximum absolute atomic E-state index is 13.1. The van der Waals surface area contributed by atoms with Crippen molar-refractivity contribution in [3.8, 4) is 0 Å². The van der Waals surface area contributed by atoms with Gasteiger partial charge in [-0.05, 0) is 35.7 Å². The van der Waals surface area contributed by atoms with Crippen molar-refractivity contribution in [2.24, 2.45) is 0 Å². The summed E-state index contributed by atoms with van der Waals surface area (Å²) < 4.78 is 28.9. The van der Waals surface area contributed by atoms with E-state index in [9.17, 15) is 18.0 Å². The van der Waals surface area contributed by atoms with Crippen molar-refractivity contribution in [1.82, 2.24) is 19.4 Å². The summed E-state index contributed by atoms with van der Waals surface area (Å²) in [5.74, 6) is -0.869. The molecule has 1 aliphatic heterocycles. The minimum Gasteiger partial charge on any atom is -0.348 e. The number of hydrogen-bond donors (Lipinski definition) is 3. The molecule has 1 fully saturated rings. The first kappa shape index (κ1) is 24.1. The molecule has 9 nitrogen and oxygen atoms in total. The smallest absolute Gasteiger partial charge is 0.282 e. The Morgan fingerprint density at radius 1 is 1.16 bits per heavy atom. The van der Waals surface area contributed by atoms with Gasteiger partial charge in [-0.15, -0.1) is 0 Å². The van der Waals surface area contributed by atoms with Crippen LogP contribution in [0.15, 0.2) is 42.5 Å². The van der Waals surface area contributed by atoms with E-state index in [2.05, 4.69) is 5.32 Å². The molecule has 2 amide bonds. The minimum atomic E-state index is -3.79. The van der Waals surface area contributed by atoms with Crippen molar-refractivity contribution in [2.45, 2.75) is 38.6 Å². The highest BCUT2D eigenvalue weighted by Gasteiger charge is 2.36. The third-order valence-electron chi connectivity index (χ3n) is 5.62. The number of benzene rings is 2. The Morgan fingerprint density at radius 2 is 1.91 bits per heavy atom. The first-order chi connectivity index (χ1) is 15.3. The molecule has 1 aliphatic rings. The molecule has 0 saturated carbocycles. The molecule has 0 aromatic heterocycles. The first-order valence-corrected chi connectivity index (χ1v) is 12.2. The van der Waals surface area contributed by atoms with Gasteiger partial charge in [0.1, 0.15) is 0 Å². The monoisotopic (exact) mass is 462 g/mol. The lowest BCUT2D eigenvalue weighted by atomic mass is 10.1. The second-order valence-corrected chi connectivity index (χ2v) is 9.85. The van der Waals surface area contributed by atoms with E-state index < -0.39 is 16.1 Å². The molecule has 0 radical (unpaired) electrons. The van der Waals surface area contributed by atoms with Gasteiger partial charge in [0.25, 0.3) is 16.1 Å². The summed E-state index contributed by atoms with van der Waals surface area (Å²) in [4.78, 5) is 24.1. The maximum atomic E-state index is 13.1. The molecular formula is C22H30N4O5S. The van der Waals surface area contributed by atoms with E-state index in [1.165, 1.54) is 14.1 Å². The van der Waals surface area contributed by atoms with E-state index in [0.29, 0.717) is 31.5 Å². The zero-order valence-electron chi connectivity index (χ0n) is 18.2. The summed E-state index contributed by atoms with van der Waals surface area (Å²) in [6, 6.07) is 13.0. The Morgan fingerprint density at radius 3 is 2.62 bits per heavy atom. The number of fused-ring (bicyclic) bond motifs is 1. The van der Waals surface area contributed by atoms with Crippen LogP contribution in [-0.4, -0.2) is 66.3 Å². The van der Waals surface area contributed by atoms with Gasteiger partial charge in [0.05, 0.1) is 0 Å². The zero-order valence-corrected chi connectivity index (χ0v) is 19.0. The van der Waals surface area contributed by atoms with Crippen LogP contribution in [0.1, 0.15) is 43.0 Å². The molecule has 1 atom stereocenters. The fourth-order valence-electron chi connectivity index (χ4n) is 3.78. The van der Waals surface area contributed by atoms with E-state index in [1.54, 1.807) is 6.07 Å². The number of unbranched alkanes of at least 4 members (excludes halogenated alkanes) is 1. The molecule has 3 rings (SSSR count). The highest BCUT2D eigenvalue weighted by atomic mass is 32.2. The second-order valence-electron chi connectivity index (χ2n) is 7.92. The lowest BCUT2D eigenvalue weighted by molar-refractivity contribution is -0.129. The molecule has 0 aliphatic carbocycles. The predicted octanol–water partition coefficient (Wildman–Crippen LogP) is 1.89. The van der Waals surface area contributed by atoms with Gasteiger partial charge in [-0.1, -0.05) is 43.7 Å². The second kappa shape index (κ2) is 10.9. The number of rotatable bonds is 10. The minimum absolute atomic E-state index is 0.0145. The van der Waals surface area contributed by atoms with Crippen molar-refractivity contribution in [3.05, 3.63) is 48.0 Å². The fraction of sp³-hybridized carbons (Fsp3) is 0.455. The van der Waals surface area contributed by atoms with Crippen molar-refractivity contribution in [3.63, 3.8) is 0 Å². The summed E-state index contributed by atoms with van der Waals surface area (Å²) in [6.45, 7) is 2.71. The van der Waals surface area contributed by atoms with Crippen LogP contribution < -0.4 is 10.8 Å². The van der Waals surface area contributed by atoms with Crippen LogP contribution in [0.5, 0.6) is 0 Å². The van der Waals surface area contributed by atoms with Crippen LogP contribution in [0.3, 0.4) is 0 Å². The number of carbonyl (C=O) groups excluding carboxylic acids is 2. The van der Waals surface area contributed by atoms with Crippen molar-refractivity contribution < 1.29 is 23.2 Å². The van der Waals surface area contributed by atoms with E-state index in [4.69, 9.17) is 5.21 Å². The molecule has 1 unspecified atom stereocenters. The van der Waals surface area contributed by atoms with Gasteiger partial charge < -0.3 is 5.32 Å².